The van der Waals surface area contributed by atoms with Crippen LogP contribution in [0.2, 0.25) is 0 Å². The second kappa shape index (κ2) is 5.27. The topological polar surface area (TPSA) is 25.8 Å². The van der Waals surface area contributed by atoms with Crippen molar-refractivity contribution in [3.63, 3.8) is 0 Å². The van der Waals surface area contributed by atoms with Crippen molar-refractivity contribution in [3.05, 3.63) is 23.3 Å². The Morgan fingerprint density at radius 1 is 1.25 bits per heavy atom. The van der Waals surface area contributed by atoms with Crippen LogP contribution in [0, 0.1) is 6.92 Å². The Kier molecular flexibility index (Phi) is 4.26. The molecule has 0 aliphatic carbocycles. The Balaban J connectivity index is 2.90. The minimum absolute atomic E-state index is 0.159. The molecular weight excluding hydrogens is 217 g/mol. The molecule has 0 fully saturated rings. The van der Waals surface area contributed by atoms with Crippen molar-refractivity contribution in [3.8, 4) is 0 Å². The molecule has 0 spiro atoms. The summed E-state index contributed by atoms with van der Waals surface area (Å²) in [5, 5.41) is 0. The summed E-state index contributed by atoms with van der Waals surface area (Å²) in [7, 11) is 0. The lowest BCUT2D eigenvalue weighted by Crippen LogP contribution is -2.13. The fourth-order valence-electron chi connectivity index (χ4n) is 1.49. The standard InChI is InChI=1S/C11H15F3N2/c1-3-4-5-6-9-7-15-8(2)16-10(9)11(12,13)14/h7H,3-6H2,1-2H3. The smallest absolute Gasteiger partial charge is 0.241 e. The highest BCUT2D eigenvalue weighted by molar-refractivity contribution is 5.20. The fraction of sp³-hybridized carbons (Fsp3) is 0.636. The summed E-state index contributed by atoms with van der Waals surface area (Å²) in [6.45, 7) is 3.47. The Morgan fingerprint density at radius 2 is 1.94 bits per heavy atom. The van der Waals surface area contributed by atoms with Gasteiger partial charge in [-0.3, -0.25) is 0 Å². The van der Waals surface area contributed by atoms with Gasteiger partial charge in [0, 0.05) is 11.8 Å². The minimum Gasteiger partial charge on any atom is -0.241 e. The maximum Gasteiger partial charge on any atom is 0.433 e. The molecule has 2 nitrogen and oxygen atoms in total. The highest BCUT2D eigenvalue weighted by atomic mass is 19.4. The van der Waals surface area contributed by atoms with E-state index in [1.54, 1.807) is 0 Å². The van der Waals surface area contributed by atoms with Gasteiger partial charge in [0.05, 0.1) is 0 Å². The van der Waals surface area contributed by atoms with Crippen molar-refractivity contribution in [2.75, 3.05) is 0 Å². The Bertz CT molecular complexity index is 348. The Morgan fingerprint density at radius 3 is 2.50 bits per heavy atom. The molecule has 5 heteroatoms. The summed E-state index contributed by atoms with van der Waals surface area (Å²) in [5.41, 5.74) is -0.581. The van der Waals surface area contributed by atoms with Crippen LogP contribution in [0.4, 0.5) is 13.2 Å². The molecule has 0 atom stereocenters. The van der Waals surface area contributed by atoms with Crippen molar-refractivity contribution in [2.24, 2.45) is 0 Å². The predicted molar refractivity (Wildman–Crippen MR) is 55.0 cm³/mol. The van der Waals surface area contributed by atoms with Crippen LogP contribution < -0.4 is 0 Å². The van der Waals surface area contributed by atoms with E-state index in [2.05, 4.69) is 9.97 Å². The van der Waals surface area contributed by atoms with Crippen LogP contribution in [-0.2, 0) is 12.6 Å². The van der Waals surface area contributed by atoms with Crippen molar-refractivity contribution in [1.82, 2.24) is 9.97 Å². The Hall–Kier alpha value is -1.13. The number of rotatable bonds is 4. The number of halogens is 3. The largest absolute Gasteiger partial charge is 0.433 e. The van der Waals surface area contributed by atoms with Crippen LogP contribution >= 0.6 is 0 Å². The van der Waals surface area contributed by atoms with Gasteiger partial charge in [-0.15, -0.1) is 0 Å². The molecule has 1 aromatic rings. The maximum absolute atomic E-state index is 12.6. The number of hydrogen-bond acceptors (Lipinski definition) is 2. The van der Waals surface area contributed by atoms with Gasteiger partial charge in [-0.25, -0.2) is 9.97 Å². The predicted octanol–water partition coefficient (Wildman–Crippen LogP) is 3.54. The molecule has 1 rings (SSSR count). The average Bonchev–Trinajstić information content (AvgIpc) is 2.19. The first-order chi connectivity index (χ1) is 7.45. The van der Waals surface area contributed by atoms with Gasteiger partial charge >= 0.3 is 6.18 Å². The van der Waals surface area contributed by atoms with E-state index in [-0.39, 0.29) is 11.4 Å². The molecule has 0 amide bonds. The number of aryl methyl sites for hydroxylation is 2. The SMILES string of the molecule is CCCCCc1cnc(C)nc1C(F)(F)F. The molecule has 0 aliphatic rings. The molecule has 0 radical (unpaired) electrons. The van der Waals surface area contributed by atoms with Gasteiger partial charge in [-0.2, -0.15) is 13.2 Å². The summed E-state index contributed by atoms with van der Waals surface area (Å²) in [6.07, 6.45) is -0.0513. The van der Waals surface area contributed by atoms with E-state index in [1.165, 1.54) is 13.1 Å². The zero-order valence-corrected chi connectivity index (χ0v) is 9.43. The van der Waals surface area contributed by atoms with Gasteiger partial charge in [0.15, 0.2) is 5.69 Å². The highest BCUT2D eigenvalue weighted by Crippen LogP contribution is 2.30. The fourth-order valence-corrected chi connectivity index (χ4v) is 1.49. The normalized spacial score (nSPS) is 11.8. The summed E-state index contributed by atoms with van der Waals surface area (Å²) in [5.74, 6) is 0.159. The molecule has 0 aliphatic heterocycles. The monoisotopic (exact) mass is 232 g/mol. The zero-order valence-electron chi connectivity index (χ0n) is 9.43. The van der Waals surface area contributed by atoms with Crippen molar-refractivity contribution in [1.29, 1.82) is 0 Å². The summed E-state index contributed by atoms with van der Waals surface area (Å²) < 4.78 is 37.9. The van der Waals surface area contributed by atoms with E-state index in [0.29, 0.717) is 6.42 Å². The third-order valence-electron chi connectivity index (χ3n) is 2.30. The van der Waals surface area contributed by atoms with Crippen molar-refractivity contribution in [2.45, 2.75) is 45.7 Å². The van der Waals surface area contributed by atoms with Gasteiger partial charge in [0.1, 0.15) is 5.82 Å². The van der Waals surface area contributed by atoms with E-state index >= 15 is 0 Å². The van der Waals surface area contributed by atoms with Gasteiger partial charge in [0.2, 0.25) is 0 Å². The molecule has 90 valence electrons. The van der Waals surface area contributed by atoms with Crippen LogP contribution in [0.15, 0.2) is 6.20 Å². The molecule has 0 unspecified atom stereocenters. The van der Waals surface area contributed by atoms with E-state index in [0.717, 1.165) is 19.3 Å². The molecule has 0 saturated carbocycles. The third kappa shape index (κ3) is 3.47. The highest BCUT2D eigenvalue weighted by Gasteiger charge is 2.35. The van der Waals surface area contributed by atoms with Crippen LogP contribution in [0.3, 0.4) is 0 Å². The number of hydrogen-bond donors (Lipinski definition) is 0. The number of nitrogens with zero attached hydrogens (tertiary/aromatic N) is 2. The minimum atomic E-state index is -4.38. The average molecular weight is 232 g/mol. The first-order valence-electron chi connectivity index (χ1n) is 5.35. The number of unbranched alkanes of at least 4 members (excludes halogenated alkanes) is 2. The van der Waals surface area contributed by atoms with Crippen molar-refractivity contribution < 1.29 is 13.2 Å². The lowest BCUT2D eigenvalue weighted by Gasteiger charge is -2.11. The molecular formula is C11H15F3N2. The lowest BCUT2D eigenvalue weighted by molar-refractivity contribution is -0.142. The molecule has 0 bridgehead atoms. The first-order valence-corrected chi connectivity index (χ1v) is 5.35. The van der Waals surface area contributed by atoms with Crippen LogP contribution in [0.1, 0.15) is 43.3 Å². The summed E-state index contributed by atoms with van der Waals surface area (Å²) in [6, 6.07) is 0. The van der Waals surface area contributed by atoms with Crippen LogP contribution in [-0.4, -0.2) is 9.97 Å². The molecule has 0 saturated heterocycles. The van der Waals surface area contributed by atoms with E-state index in [1.807, 2.05) is 6.92 Å². The van der Waals surface area contributed by atoms with Gasteiger partial charge in [0.25, 0.3) is 0 Å². The Labute approximate surface area is 92.9 Å². The van der Waals surface area contributed by atoms with E-state index in [9.17, 15) is 13.2 Å². The first kappa shape index (κ1) is 12.9. The summed E-state index contributed by atoms with van der Waals surface area (Å²) in [4.78, 5) is 7.31. The summed E-state index contributed by atoms with van der Waals surface area (Å²) >= 11 is 0. The lowest BCUT2D eigenvalue weighted by atomic mass is 10.1. The molecule has 1 heterocycles. The third-order valence-corrected chi connectivity index (χ3v) is 2.30. The molecule has 16 heavy (non-hydrogen) atoms. The maximum atomic E-state index is 12.6. The van der Waals surface area contributed by atoms with E-state index < -0.39 is 11.9 Å². The zero-order chi connectivity index (χ0) is 12.2. The molecule has 1 aromatic heterocycles. The van der Waals surface area contributed by atoms with Gasteiger partial charge in [-0.1, -0.05) is 19.8 Å². The second-order valence-corrected chi connectivity index (χ2v) is 3.75. The van der Waals surface area contributed by atoms with Crippen LogP contribution in [0.5, 0.6) is 0 Å². The van der Waals surface area contributed by atoms with E-state index in [4.69, 9.17) is 0 Å². The quantitative estimate of drug-likeness (QED) is 0.742. The molecule has 0 N–H and O–H groups in total. The number of aromatic nitrogens is 2. The molecule has 0 aromatic carbocycles. The van der Waals surface area contributed by atoms with Crippen LogP contribution in [0.25, 0.3) is 0 Å². The van der Waals surface area contributed by atoms with Crippen molar-refractivity contribution >= 4 is 0 Å². The second-order valence-electron chi connectivity index (χ2n) is 3.75. The van der Waals surface area contributed by atoms with Gasteiger partial charge in [-0.05, 0) is 19.8 Å². The number of alkyl halides is 3. The van der Waals surface area contributed by atoms with Gasteiger partial charge < -0.3 is 0 Å².